The van der Waals surface area contributed by atoms with Crippen LogP contribution in [0.1, 0.15) is 12.5 Å². The van der Waals surface area contributed by atoms with Gasteiger partial charge in [-0.15, -0.1) is 0 Å². The van der Waals surface area contributed by atoms with Crippen molar-refractivity contribution in [3.8, 4) is 11.5 Å². The van der Waals surface area contributed by atoms with E-state index in [-0.39, 0.29) is 5.69 Å². The second-order valence-electron chi connectivity index (χ2n) is 5.53. The molecule has 0 saturated heterocycles. The Morgan fingerprint density at radius 1 is 1.07 bits per heavy atom. The molecule has 0 aliphatic rings. The Morgan fingerprint density at radius 2 is 1.86 bits per heavy atom. The Morgan fingerprint density at radius 3 is 2.54 bits per heavy atom. The summed E-state index contributed by atoms with van der Waals surface area (Å²) < 4.78 is 41.6. The van der Waals surface area contributed by atoms with Gasteiger partial charge in [-0.2, -0.15) is 0 Å². The zero-order valence-corrected chi connectivity index (χ0v) is 15.3. The lowest BCUT2D eigenvalue weighted by atomic mass is 10.2. The monoisotopic (exact) mass is 391 g/mol. The van der Waals surface area contributed by atoms with E-state index in [1.54, 1.807) is 18.2 Å². The Kier molecular flexibility index (Phi) is 7.50. The average molecular weight is 391 g/mol. The number of benzene rings is 2. The number of halogens is 2. The molecule has 0 radical (unpaired) electrons. The lowest BCUT2D eigenvalue weighted by molar-refractivity contribution is -0.149. The van der Waals surface area contributed by atoms with E-state index in [9.17, 15) is 18.4 Å². The Balaban J connectivity index is 1.83. The van der Waals surface area contributed by atoms with Crippen LogP contribution in [0.3, 0.4) is 0 Å². The van der Waals surface area contributed by atoms with Crippen LogP contribution in [0.5, 0.6) is 11.5 Å². The fraction of sp³-hybridized carbons (Fsp3) is 0.200. The van der Waals surface area contributed by atoms with E-state index in [0.717, 1.165) is 17.7 Å². The lowest BCUT2D eigenvalue weighted by Gasteiger charge is -2.11. The van der Waals surface area contributed by atoms with Crippen molar-refractivity contribution in [2.24, 2.45) is 0 Å². The van der Waals surface area contributed by atoms with Gasteiger partial charge in [0.25, 0.3) is 5.91 Å². The fourth-order valence-electron chi connectivity index (χ4n) is 2.20. The average Bonchev–Trinajstić information content (AvgIpc) is 2.67. The maximum atomic E-state index is 13.5. The summed E-state index contributed by atoms with van der Waals surface area (Å²) in [6, 6.07) is 7.86. The van der Waals surface area contributed by atoms with Gasteiger partial charge in [-0.05, 0) is 36.8 Å². The number of esters is 1. The number of ether oxygens (including phenoxy) is 3. The van der Waals surface area contributed by atoms with Crippen molar-refractivity contribution in [2.75, 3.05) is 25.6 Å². The van der Waals surface area contributed by atoms with Crippen LogP contribution in [0.25, 0.3) is 6.08 Å². The van der Waals surface area contributed by atoms with Crippen LogP contribution in [-0.4, -0.2) is 32.2 Å². The number of methoxy groups -OCH3 is 1. The molecule has 0 aromatic heterocycles. The van der Waals surface area contributed by atoms with E-state index in [0.29, 0.717) is 17.6 Å². The molecule has 28 heavy (non-hydrogen) atoms. The van der Waals surface area contributed by atoms with E-state index in [2.05, 4.69) is 5.32 Å². The number of rotatable bonds is 8. The summed E-state index contributed by atoms with van der Waals surface area (Å²) in [6.07, 6.45) is 3.75. The number of carbonyl (C=O) groups excluding carboxylic acids is 2. The standard InChI is InChI=1S/C20H19F2NO5/c1-3-4-13-5-8-17(18(9-13)26-2)27-12-20(25)28-11-19(24)23-16-7-6-14(21)10-15(16)22/h3-10H,11-12H2,1-2H3,(H,23,24)/b4-3+. The fourth-order valence-corrected chi connectivity index (χ4v) is 2.20. The van der Waals surface area contributed by atoms with Gasteiger partial charge >= 0.3 is 5.97 Å². The minimum Gasteiger partial charge on any atom is -0.493 e. The molecular weight excluding hydrogens is 372 g/mol. The van der Waals surface area contributed by atoms with E-state index < -0.39 is 36.7 Å². The van der Waals surface area contributed by atoms with Crippen molar-refractivity contribution < 1.29 is 32.6 Å². The topological polar surface area (TPSA) is 73.9 Å². The maximum Gasteiger partial charge on any atom is 0.344 e. The van der Waals surface area contributed by atoms with Gasteiger partial charge in [-0.3, -0.25) is 4.79 Å². The molecule has 2 rings (SSSR count). The number of nitrogens with one attached hydrogen (secondary N) is 1. The third-order valence-corrected chi connectivity index (χ3v) is 3.46. The summed E-state index contributed by atoms with van der Waals surface area (Å²) in [5.74, 6) is -2.50. The van der Waals surface area contributed by atoms with Gasteiger partial charge in [0, 0.05) is 6.07 Å². The van der Waals surface area contributed by atoms with Crippen LogP contribution in [0, 0.1) is 11.6 Å². The second kappa shape index (κ2) is 10.1. The first-order chi connectivity index (χ1) is 13.4. The van der Waals surface area contributed by atoms with Gasteiger partial charge in [0.15, 0.2) is 24.7 Å². The first-order valence-electron chi connectivity index (χ1n) is 8.27. The van der Waals surface area contributed by atoms with Crippen molar-refractivity contribution in [3.63, 3.8) is 0 Å². The quantitative estimate of drug-likeness (QED) is 0.697. The Bertz CT molecular complexity index is 883. The number of carbonyl (C=O) groups is 2. The van der Waals surface area contributed by atoms with Crippen molar-refractivity contribution in [1.82, 2.24) is 0 Å². The number of hydrogen-bond acceptors (Lipinski definition) is 5. The van der Waals surface area contributed by atoms with Crippen LogP contribution < -0.4 is 14.8 Å². The first kappa shape index (κ1) is 20.9. The molecule has 2 aromatic rings. The molecule has 1 amide bonds. The highest BCUT2D eigenvalue weighted by atomic mass is 19.1. The molecule has 0 spiro atoms. The molecule has 0 aliphatic heterocycles. The zero-order chi connectivity index (χ0) is 20.5. The zero-order valence-electron chi connectivity index (χ0n) is 15.3. The lowest BCUT2D eigenvalue weighted by Crippen LogP contribution is -2.24. The first-order valence-corrected chi connectivity index (χ1v) is 8.27. The third kappa shape index (κ3) is 6.08. The van der Waals surface area contributed by atoms with Gasteiger partial charge in [-0.25, -0.2) is 13.6 Å². The maximum absolute atomic E-state index is 13.5. The summed E-state index contributed by atoms with van der Waals surface area (Å²) >= 11 is 0. The largest absolute Gasteiger partial charge is 0.493 e. The highest BCUT2D eigenvalue weighted by Crippen LogP contribution is 2.28. The molecule has 0 saturated carbocycles. The van der Waals surface area contributed by atoms with E-state index in [1.165, 1.54) is 7.11 Å². The SMILES string of the molecule is C/C=C/c1ccc(OCC(=O)OCC(=O)Nc2ccc(F)cc2F)c(OC)c1. The second-order valence-corrected chi connectivity index (χ2v) is 5.53. The molecule has 2 aromatic carbocycles. The van der Waals surface area contributed by atoms with Crippen molar-refractivity contribution >= 4 is 23.6 Å². The van der Waals surface area contributed by atoms with Crippen LogP contribution in [0.2, 0.25) is 0 Å². The van der Waals surface area contributed by atoms with Gasteiger partial charge in [0.1, 0.15) is 11.6 Å². The normalized spacial score (nSPS) is 10.6. The van der Waals surface area contributed by atoms with E-state index >= 15 is 0 Å². The van der Waals surface area contributed by atoms with Gasteiger partial charge in [0.2, 0.25) is 0 Å². The predicted molar refractivity (Wildman–Crippen MR) is 99.1 cm³/mol. The molecule has 0 fully saturated rings. The van der Waals surface area contributed by atoms with Gasteiger partial charge in [0.05, 0.1) is 12.8 Å². The molecule has 0 aliphatic carbocycles. The molecule has 8 heteroatoms. The molecule has 1 N–H and O–H groups in total. The molecule has 0 unspecified atom stereocenters. The summed E-state index contributed by atoms with van der Waals surface area (Å²) in [7, 11) is 1.47. The van der Waals surface area contributed by atoms with E-state index in [4.69, 9.17) is 14.2 Å². The molecule has 0 heterocycles. The molecular formula is C20H19F2NO5. The van der Waals surface area contributed by atoms with Crippen LogP contribution in [0.15, 0.2) is 42.5 Å². The highest BCUT2D eigenvalue weighted by molar-refractivity contribution is 5.92. The molecule has 0 atom stereocenters. The van der Waals surface area contributed by atoms with Crippen LogP contribution in [0.4, 0.5) is 14.5 Å². The van der Waals surface area contributed by atoms with Crippen molar-refractivity contribution in [2.45, 2.75) is 6.92 Å². The van der Waals surface area contributed by atoms with Gasteiger partial charge in [-0.1, -0.05) is 18.2 Å². The van der Waals surface area contributed by atoms with Crippen LogP contribution in [-0.2, 0) is 14.3 Å². The summed E-state index contributed by atoms with van der Waals surface area (Å²) in [4.78, 5) is 23.5. The smallest absolute Gasteiger partial charge is 0.344 e. The number of amides is 1. The summed E-state index contributed by atoms with van der Waals surface area (Å²) in [5.41, 5.74) is 0.684. The predicted octanol–water partition coefficient (Wildman–Crippen LogP) is 3.57. The molecule has 148 valence electrons. The van der Waals surface area contributed by atoms with Crippen molar-refractivity contribution in [1.29, 1.82) is 0 Å². The molecule has 0 bridgehead atoms. The highest BCUT2D eigenvalue weighted by Gasteiger charge is 2.13. The summed E-state index contributed by atoms with van der Waals surface area (Å²) in [5, 5.41) is 2.18. The molecule has 6 nitrogen and oxygen atoms in total. The number of hydrogen-bond donors (Lipinski definition) is 1. The van der Waals surface area contributed by atoms with E-state index in [1.807, 2.05) is 19.1 Å². The summed E-state index contributed by atoms with van der Waals surface area (Å²) in [6.45, 7) is 0.793. The minimum atomic E-state index is -0.934. The number of allylic oxidation sites excluding steroid dienone is 1. The number of anilines is 1. The minimum absolute atomic E-state index is 0.218. The Hall–Kier alpha value is -3.42. The third-order valence-electron chi connectivity index (χ3n) is 3.46. The van der Waals surface area contributed by atoms with Crippen molar-refractivity contribution in [3.05, 3.63) is 59.7 Å². The van der Waals surface area contributed by atoms with Gasteiger partial charge < -0.3 is 19.5 Å². The Labute approximate surface area is 160 Å². The van der Waals surface area contributed by atoms with Crippen LogP contribution >= 0.6 is 0 Å².